The van der Waals surface area contributed by atoms with E-state index in [-0.39, 0.29) is 17.0 Å². The molecular weight excluding hydrogens is 332 g/mol. The minimum Gasteiger partial charge on any atom is -0.480 e. The first-order chi connectivity index (χ1) is 11.2. The highest BCUT2D eigenvalue weighted by molar-refractivity contribution is 7.89. The van der Waals surface area contributed by atoms with Crippen molar-refractivity contribution in [1.82, 2.24) is 10.0 Å². The molecule has 0 aromatic heterocycles. The minimum absolute atomic E-state index is 0.0193. The number of hydrogen-bond donors (Lipinski definition) is 3. The zero-order valence-electron chi connectivity index (χ0n) is 13.7. The van der Waals surface area contributed by atoms with Crippen LogP contribution in [0.25, 0.3) is 0 Å². The summed E-state index contributed by atoms with van der Waals surface area (Å²) in [5, 5.41) is 11.8. The normalized spacial score (nSPS) is 15.8. The van der Waals surface area contributed by atoms with E-state index in [0.717, 1.165) is 12.8 Å². The Bertz CT molecular complexity index is 741. The summed E-state index contributed by atoms with van der Waals surface area (Å²) in [7, 11) is -3.68. The number of aliphatic carboxylic acids is 1. The number of carboxylic acids is 1. The Morgan fingerprint density at radius 2 is 2.00 bits per heavy atom. The SMILES string of the molecule is CCNS(=O)(=O)c1ccc(C)c(C(=O)NC(CC2CC2)C(=O)O)c1. The number of benzene rings is 1. The first-order valence-electron chi connectivity index (χ1n) is 7.88. The molecule has 1 aliphatic carbocycles. The molecule has 132 valence electrons. The molecule has 0 bridgehead atoms. The monoisotopic (exact) mass is 354 g/mol. The maximum atomic E-state index is 12.4. The number of hydrogen-bond acceptors (Lipinski definition) is 4. The van der Waals surface area contributed by atoms with Crippen molar-refractivity contribution in [2.45, 2.75) is 44.0 Å². The molecule has 0 aliphatic heterocycles. The highest BCUT2D eigenvalue weighted by Crippen LogP contribution is 2.33. The number of rotatable bonds is 8. The maximum Gasteiger partial charge on any atom is 0.326 e. The minimum atomic E-state index is -3.68. The lowest BCUT2D eigenvalue weighted by Crippen LogP contribution is -2.41. The van der Waals surface area contributed by atoms with Crippen molar-refractivity contribution in [2.24, 2.45) is 5.92 Å². The average Bonchev–Trinajstić information content (AvgIpc) is 3.30. The first kappa shape index (κ1) is 18.4. The number of sulfonamides is 1. The number of aryl methyl sites for hydroxylation is 1. The van der Waals surface area contributed by atoms with E-state index in [0.29, 0.717) is 17.9 Å². The molecule has 7 nitrogen and oxygen atoms in total. The van der Waals surface area contributed by atoms with E-state index in [1.807, 2.05) is 0 Å². The Kier molecular flexibility index (Phi) is 5.61. The lowest BCUT2D eigenvalue weighted by atomic mass is 10.1. The molecule has 1 saturated carbocycles. The molecule has 1 atom stereocenters. The summed E-state index contributed by atoms with van der Waals surface area (Å²) in [5.41, 5.74) is 0.745. The van der Waals surface area contributed by atoms with Gasteiger partial charge in [-0.15, -0.1) is 0 Å². The third-order valence-electron chi connectivity index (χ3n) is 3.97. The maximum absolute atomic E-state index is 12.4. The van der Waals surface area contributed by atoms with Gasteiger partial charge in [0.2, 0.25) is 10.0 Å². The zero-order valence-corrected chi connectivity index (χ0v) is 14.5. The van der Waals surface area contributed by atoms with Gasteiger partial charge in [0, 0.05) is 12.1 Å². The molecule has 0 heterocycles. The summed E-state index contributed by atoms with van der Waals surface area (Å²) in [4.78, 5) is 23.7. The Balaban J connectivity index is 2.23. The van der Waals surface area contributed by atoms with Gasteiger partial charge in [0.1, 0.15) is 6.04 Å². The predicted molar refractivity (Wildman–Crippen MR) is 88.3 cm³/mol. The van der Waals surface area contributed by atoms with Crippen molar-refractivity contribution in [3.05, 3.63) is 29.3 Å². The number of nitrogens with one attached hydrogen (secondary N) is 2. The topological polar surface area (TPSA) is 113 Å². The Morgan fingerprint density at radius 3 is 2.54 bits per heavy atom. The second kappa shape index (κ2) is 7.31. The van der Waals surface area contributed by atoms with Crippen LogP contribution < -0.4 is 10.0 Å². The number of amides is 1. The number of carboxylic acid groups (broad SMARTS) is 1. The van der Waals surface area contributed by atoms with Gasteiger partial charge in [-0.2, -0.15) is 0 Å². The van der Waals surface area contributed by atoms with E-state index >= 15 is 0 Å². The van der Waals surface area contributed by atoms with E-state index in [2.05, 4.69) is 10.0 Å². The first-order valence-corrected chi connectivity index (χ1v) is 9.37. The molecule has 1 aliphatic rings. The van der Waals surface area contributed by atoms with E-state index in [4.69, 9.17) is 0 Å². The van der Waals surface area contributed by atoms with Crippen LogP contribution in [-0.2, 0) is 14.8 Å². The van der Waals surface area contributed by atoms with Gasteiger partial charge in [0.15, 0.2) is 0 Å². The zero-order chi connectivity index (χ0) is 17.9. The van der Waals surface area contributed by atoms with Crippen molar-refractivity contribution in [2.75, 3.05) is 6.54 Å². The Morgan fingerprint density at radius 1 is 1.33 bits per heavy atom. The second-order valence-electron chi connectivity index (χ2n) is 6.02. The standard InChI is InChI=1S/C16H22N2O5S/c1-3-17-24(22,23)12-7-4-10(2)13(9-12)15(19)18-14(16(20)21)8-11-5-6-11/h4,7,9,11,14,17H,3,5-6,8H2,1-2H3,(H,18,19)(H,20,21). The van der Waals surface area contributed by atoms with Gasteiger partial charge in [0.25, 0.3) is 5.91 Å². The molecule has 24 heavy (non-hydrogen) atoms. The molecule has 2 rings (SSSR count). The fraction of sp³-hybridized carbons (Fsp3) is 0.500. The highest BCUT2D eigenvalue weighted by atomic mass is 32.2. The van der Waals surface area contributed by atoms with E-state index in [1.54, 1.807) is 13.8 Å². The average molecular weight is 354 g/mol. The van der Waals surface area contributed by atoms with Gasteiger partial charge in [0.05, 0.1) is 4.90 Å². The van der Waals surface area contributed by atoms with Crippen molar-refractivity contribution in [1.29, 1.82) is 0 Å². The summed E-state index contributed by atoms with van der Waals surface area (Å²) in [5.74, 6) is -1.31. The lowest BCUT2D eigenvalue weighted by Gasteiger charge is -2.16. The molecule has 1 amide bonds. The largest absolute Gasteiger partial charge is 0.480 e. The number of carbonyl (C=O) groups excluding carboxylic acids is 1. The quantitative estimate of drug-likeness (QED) is 0.651. The molecule has 0 saturated heterocycles. The molecule has 1 aromatic rings. The van der Waals surface area contributed by atoms with Gasteiger partial charge in [-0.05, 0) is 37.0 Å². The van der Waals surface area contributed by atoms with E-state index in [9.17, 15) is 23.1 Å². The van der Waals surface area contributed by atoms with Crippen LogP contribution in [-0.4, -0.2) is 38.0 Å². The van der Waals surface area contributed by atoms with Crippen molar-refractivity contribution in [3.8, 4) is 0 Å². The molecule has 8 heteroatoms. The van der Waals surface area contributed by atoms with E-state index in [1.165, 1.54) is 18.2 Å². The van der Waals surface area contributed by atoms with Crippen molar-refractivity contribution >= 4 is 21.9 Å². The van der Waals surface area contributed by atoms with Gasteiger partial charge < -0.3 is 10.4 Å². The molecular formula is C16H22N2O5S. The number of carbonyl (C=O) groups is 2. The van der Waals surface area contributed by atoms with Crippen molar-refractivity contribution in [3.63, 3.8) is 0 Å². The third kappa shape index (κ3) is 4.55. The van der Waals surface area contributed by atoms with Crippen LogP contribution in [0.4, 0.5) is 0 Å². The summed E-state index contributed by atoms with van der Waals surface area (Å²) in [6.07, 6.45) is 2.36. The van der Waals surface area contributed by atoms with Crippen LogP contribution in [0.15, 0.2) is 23.1 Å². The van der Waals surface area contributed by atoms with Gasteiger partial charge in [-0.25, -0.2) is 17.9 Å². The van der Waals surface area contributed by atoms with Gasteiger partial charge in [-0.1, -0.05) is 25.8 Å². The molecule has 3 N–H and O–H groups in total. The Hall–Kier alpha value is -1.93. The molecule has 1 unspecified atom stereocenters. The highest BCUT2D eigenvalue weighted by Gasteiger charge is 2.30. The summed E-state index contributed by atoms with van der Waals surface area (Å²) in [6.45, 7) is 3.57. The molecule has 0 radical (unpaired) electrons. The summed E-state index contributed by atoms with van der Waals surface area (Å²) < 4.78 is 26.5. The van der Waals surface area contributed by atoms with Crippen LogP contribution in [0.5, 0.6) is 0 Å². The molecule has 0 spiro atoms. The van der Waals surface area contributed by atoms with Crippen LogP contribution >= 0.6 is 0 Å². The van der Waals surface area contributed by atoms with Crippen LogP contribution in [0.3, 0.4) is 0 Å². The fourth-order valence-corrected chi connectivity index (χ4v) is 3.50. The van der Waals surface area contributed by atoms with Crippen LogP contribution in [0, 0.1) is 12.8 Å². The van der Waals surface area contributed by atoms with Gasteiger partial charge >= 0.3 is 5.97 Å². The van der Waals surface area contributed by atoms with Gasteiger partial charge in [-0.3, -0.25) is 4.79 Å². The molecule has 1 aromatic carbocycles. The molecule has 1 fully saturated rings. The van der Waals surface area contributed by atoms with Crippen LogP contribution in [0.2, 0.25) is 0 Å². The third-order valence-corrected chi connectivity index (χ3v) is 5.51. The smallest absolute Gasteiger partial charge is 0.326 e. The predicted octanol–water partition coefficient (Wildman–Crippen LogP) is 1.28. The Labute approximate surface area is 141 Å². The van der Waals surface area contributed by atoms with Crippen LogP contribution in [0.1, 0.15) is 42.1 Å². The van der Waals surface area contributed by atoms with E-state index < -0.39 is 27.9 Å². The summed E-state index contributed by atoms with van der Waals surface area (Å²) >= 11 is 0. The van der Waals surface area contributed by atoms with Crippen molar-refractivity contribution < 1.29 is 23.1 Å². The lowest BCUT2D eigenvalue weighted by molar-refractivity contribution is -0.139. The summed E-state index contributed by atoms with van der Waals surface area (Å²) in [6, 6.07) is 3.27. The second-order valence-corrected chi connectivity index (χ2v) is 7.79. The fourth-order valence-electron chi connectivity index (χ4n) is 2.43.